The number of ether oxygens (including phenoxy) is 3. The summed E-state index contributed by atoms with van der Waals surface area (Å²) in [6.07, 6.45) is 73.5. The van der Waals surface area contributed by atoms with E-state index >= 15 is 0 Å². The summed E-state index contributed by atoms with van der Waals surface area (Å²) < 4.78 is 16.8. The van der Waals surface area contributed by atoms with Crippen molar-refractivity contribution in [3.05, 3.63) is 72.9 Å². The number of rotatable bonds is 53. The first-order valence-corrected chi connectivity index (χ1v) is 29.4. The van der Waals surface area contributed by atoms with Gasteiger partial charge in [0.2, 0.25) is 0 Å². The molecule has 1 atom stereocenters. The fourth-order valence-corrected chi connectivity index (χ4v) is 8.34. The van der Waals surface area contributed by atoms with Crippen molar-refractivity contribution in [2.24, 2.45) is 0 Å². The van der Waals surface area contributed by atoms with E-state index in [-0.39, 0.29) is 31.6 Å². The van der Waals surface area contributed by atoms with Crippen LogP contribution in [-0.2, 0) is 28.6 Å². The zero-order chi connectivity index (χ0) is 50.0. The zero-order valence-electron chi connectivity index (χ0n) is 45.6. The van der Waals surface area contributed by atoms with Crippen LogP contribution in [-0.4, -0.2) is 37.2 Å². The number of hydrogen-bond donors (Lipinski definition) is 0. The van der Waals surface area contributed by atoms with Gasteiger partial charge in [-0.2, -0.15) is 0 Å². The quantitative estimate of drug-likeness (QED) is 0.0262. The summed E-state index contributed by atoms with van der Waals surface area (Å²) in [5.41, 5.74) is 0. The molecule has 0 aliphatic rings. The van der Waals surface area contributed by atoms with Gasteiger partial charge in [0.15, 0.2) is 6.10 Å². The van der Waals surface area contributed by atoms with Crippen LogP contribution in [0.1, 0.15) is 290 Å². The van der Waals surface area contributed by atoms with Crippen molar-refractivity contribution in [1.82, 2.24) is 0 Å². The standard InChI is InChI=1S/C63H110O6/c1-4-7-10-13-16-19-22-25-28-30-32-35-38-41-44-47-50-53-56-62(65)68-59-60(58-67-61(64)55-52-49-46-43-40-37-34-27-24-21-18-15-12-9-6-3)69-63(66)57-54-51-48-45-42-39-36-33-31-29-26-23-20-17-14-11-8-5-2/h9,12,18,21,27-28,30,34,40,43,49,52,60H,4-8,10-11,13-17,19-20,22-26,29,31-33,35-39,41-42,44-48,50-51,53-59H2,1-3H3/b12-9-,21-18-,30-28-,34-27-,43-40-,52-49-. The summed E-state index contributed by atoms with van der Waals surface area (Å²) >= 11 is 0. The second-order valence-corrected chi connectivity index (χ2v) is 19.5. The number of carbonyl (C=O) groups is 3. The van der Waals surface area contributed by atoms with Crippen molar-refractivity contribution >= 4 is 17.9 Å². The van der Waals surface area contributed by atoms with Crippen LogP contribution in [0.2, 0.25) is 0 Å². The first kappa shape index (κ1) is 65.8. The van der Waals surface area contributed by atoms with Crippen LogP contribution < -0.4 is 0 Å². The van der Waals surface area contributed by atoms with Crippen LogP contribution in [0.15, 0.2) is 72.9 Å². The summed E-state index contributed by atoms with van der Waals surface area (Å²) in [5, 5.41) is 0. The molecule has 0 spiro atoms. The highest BCUT2D eigenvalue weighted by Gasteiger charge is 2.19. The molecule has 0 heterocycles. The SMILES string of the molecule is CC/C=C\C/C=C\C/C=C\C/C=C\C/C=C\CC(=O)OCC(COC(=O)CCCCCCCCC/C=C\CCCCCCCCC)OC(=O)CCCCCCCCCCCCCCCCCCCC. The summed E-state index contributed by atoms with van der Waals surface area (Å²) in [4.78, 5) is 38.1. The lowest BCUT2D eigenvalue weighted by Crippen LogP contribution is -2.30. The van der Waals surface area contributed by atoms with Gasteiger partial charge in [0.25, 0.3) is 0 Å². The van der Waals surface area contributed by atoms with Crippen LogP contribution in [0.5, 0.6) is 0 Å². The normalized spacial score (nSPS) is 12.6. The molecule has 0 bridgehead atoms. The van der Waals surface area contributed by atoms with Crippen LogP contribution in [0.4, 0.5) is 0 Å². The van der Waals surface area contributed by atoms with Crippen molar-refractivity contribution in [2.75, 3.05) is 13.2 Å². The second-order valence-electron chi connectivity index (χ2n) is 19.5. The Bertz CT molecular complexity index is 1290. The molecule has 0 saturated heterocycles. The lowest BCUT2D eigenvalue weighted by molar-refractivity contribution is -0.166. The Morgan fingerprint density at radius 1 is 0.319 bits per heavy atom. The molecule has 0 radical (unpaired) electrons. The van der Waals surface area contributed by atoms with Crippen molar-refractivity contribution in [2.45, 2.75) is 297 Å². The van der Waals surface area contributed by atoms with E-state index in [1.165, 1.54) is 180 Å². The van der Waals surface area contributed by atoms with E-state index < -0.39 is 12.1 Å². The van der Waals surface area contributed by atoms with Gasteiger partial charge in [0.05, 0.1) is 6.42 Å². The molecule has 0 aliphatic heterocycles. The summed E-state index contributed by atoms with van der Waals surface area (Å²) in [6.45, 7) is 6.46. The third-order valence-corrected chi connectivity index (χ3v) is 12.7. The molecular weight excluding hydrogens is 853 g/mol. The lowest BCUT2D eigenvalue weighted by atomic mass is 10.0. The van der Waals surface area contributed by atoms with Gasteiger partial charge in [-0.1, -0.05) is 273 Å². The maximum atomic E-state index is 12.9. The van der Waals surface area contributed by atoms with Gasteiger partial charge in [0, 0.05) is 12.8 Å². The molecule has 0 N–H and O–H groups in total. The Labute approximate surface area is 427 Å². The minimum absolute atomic E-state index is 0.105. The minimum atomic E-state index is -0.815. The molecule has 0 rings (SSSR count). The van der Waals surface area contributed by atoms with E-state index in [0.717, 1.165) is 70.6 Å². The second kappa shape index (κ2) is 57.4. The maximum Gasteiger partial charge on any atom is 0.309 e. The van der Waals surface area contributed by atoms with E-state index in [0.29, 0.717) is 12.8 Å². The smallest absolute Gasteiger partial charge is 0.309 e. The third kappa shape index (κ3) is 55.6. The molecule has 6 nitrogen and oxygen atoms in total. The van der Waals surface area contributed by atoms with E-state index in [1.54, 1.807) is 6.08 Å². The number of esters is 3. The Hall–Kier alpha value is -3.15. The highest BCUT2D eigenvalue weighted by Crippen LogP contribution is 2.16. The number of unbranched alkanes of at least 4 members (excludes halogenated alkanes) is 31. The Morgan fingerprint density at radius 2 is 0.623 bits per heavy atom. The third-order valence-electron chi connectivity index (χ3n) is 12.7. The largest absolute Gasteiger partial charge is 0.462 e. The molecule has 69 heavy (non-hydrogen) atoms. The molecule has 0 saturated carbocycles. The van der Waals surface area contributed by atoms with E-state index in [1.807, 2.05) is 6.08 Å². The van der Waals surface area contributed by atoms with Crippen molar-refractivity contribution in [3.8, 4) is 0 Å². The number of carbonyl (C=O) groups excluding carboxylic acids is 3. The maximum absolute atomic E-state index is 12.9. The van der Waals surface area contributed by atoms with Crippen molar-refractivity contribution in [3.63, 3.8) is 0 Å². The fourth-order valence-electron chi connectivity index (χ4n) is 8.34. The summed E-state index contributed by atoms with van der Waals surface area (Å²) in [7, 11) is 0. The van der Waals surface area contributed by atoms with Gasteiger partial charge in [-0.3, -0.25) is 14.4 Å². The molecular formula is C63H110O6. The van der Waals surface area contributed by atoms with Crippen LogP contribution in [0.25, 0.3) is 0 Å². The Morgan fingerprint density at radius 3 is 1.00 bits per heavy atom. The molecule has 1 unspecified atom stereocenters. The predicted molar refractivity (Wildman–Crippen MR) is 298 cm³/mol. The number of hydrogen-bond acceptors (Lipinski definition) is 6. The topological polar surface area (TPSA) is 78.9 Å². The van der Waals surface area contributed by atoms with Gasteiger partial charge in [-0.25, -0.2) is 0 Å². The molecule has 0 aliphatic carbocycles. The van der Waals surface area contributed by atoms with Gasteiger partial charge in [-0.15, -0.1) is 0 Å². The Kier molecular flexibility index (Phi) is 54.8. The van der Waals surface area contributed by atoms with Crippen molar-refractivity contribution in [1.29, 1.82) is 0 Å². The first-order chi connectivity index (χ1) is 34.0. The summed E-state index contributed by atoms with van der Waals surface area (Å²) in [5.74, 6) is -1.03. The first-order valence-electron chi connectivity index (χ1n) is 29.4. The molecule has 398 valence electrons. The highest BCUT2D eigenvalue weighted by atomic mass is 16.6. The van der Waals surface area contributed by atoms with Crippen LogP contribution in [0.3, 0.4) is 0 Å². The van der Waals surface area contributed by atoms with Crippen LogP contribution >= 0.6 is 0 Å². The monoisotopic (exact) mass is 963 g/mol. The average molecular weight is 964 g/mol. The zero-order valence-corrected chi connectivity index (χ0v) is 45.6. The number of allylic oxidation sites excluding steroid dienone is 11. The minimum Gasteiger partial charge on any atom is -0.462 e. The van der Waals surface area contributed by atoms with Gasteiger partial charge < -0.3 is 14.2 Å². The van der Waals surface area contributed by atoms with E-state index in [2.05, 4.69) is 81.5 Å². The predicted octanol–water partition coefficient (Wildman–Crippen LogP) is 19.8. The molecule has 0 amide bonds. The molecule has 0 fully saturated rings. The van der Waals surface area contributed by atoms with Gasteiger partial charge in [0.1, 0.15) is 13.2 Å². The van der Waals surface area contributed by atoms with Crippen molar-refractivity contribution < 1.29 is 28.6 Å². The highest BCUT2D eigenvalue weighted by molar-refractivity contribution is 5.72. The molecule has 0 aromatic rings. The average Bonchev–Trinajstić information content (AvgIpc) is 3.35. The van der Waals surface area contributed by atoms with Gasteiger partial charge in [-0.05, 0) is 70.6 Å². The van der Waals surface area contributed by atoms with E-state index in [4.69, 9.17) is 14.2 Å². The molecule has 0 aromatic carbocycles. The lowest BCUT2D eigenvalue weighted by Gasteiger charge is -2.18. The molecule has 6 heteroatoms. The molecule has 0 aromatic heterocycles. The van der Waals surface area contributed by atoms with E-state index in [9.17, 15) is 14.4 Å². The van der Waals surface area contributed by atoms with Crippen LogP contribution in [0, 0.1) is 0 Å². The summed E-state index contributed by atoms with van der Waals surface area (Å²) in [6, 6.07) is 0. The van der Waals surface area contributed by atoms with Gasteiger partial charge >= 0.3 is 17.9 Å². The Balaban J connectivity index is 4.44. The fraction of sp³-hybridized carbons (Fsp3) is 0.762.